The van der Waals surface area contributed by atoms with Crippen molar-refractivity contribution < 1.29 is 19.1 Å². The molecule has 150 valence electrons. The molecule has 1 aliphatic rings. The van der Waals surface area contributed by atoms with Crippen LogP contribution < -0.4 is 0 Å². The molecule has 0 bridgehead atoms. The maximum absolute atomic E-state index is 13.0. The zero-order chi connectivity index (χ0) is 19.9. The van der Waals surface area contributed by atoms with E-state index in [2.05, 4.69) is 6.92 Å². The Bertz CT molecular complexity index is 609. The lowest BCUT2D eigenvalue weighted by Crippen LogP contribution is -2.36. The van der Waals surface area contributed by atoms with Gasteiger partial charge in [0.2, 0.25) is 0 Å². The van der Waals surface area contributed by atoms with Crippen LogP contribution in [0.2, 0.25) is 0 Å². The first-order chi connectivity index (χ1) is 12.8. The Kier molecular flexibility index (Phi) is 7.46. The van der Waals surface area contributed by atoms with Gasteiger partial charge in [-0.3, -0.25) is 9.59 Å². The van der Waals surface area contributed by atoms with E-state index in [0.29, 0.717) is 6.42 Å². The van der Waals surface area contributed by atoms with E-state index in [1.165, 1.54) is 0 Å². The Balaban J connectivity index is 2.08. The average Bonchev–Trinajstić information content (AvgIpc) is 3.08. The van der Waals surface area contributed by atoms with E-state index in [0.717, 1.165) is 44.1 Å². The molecule has 1 aromatic carbocycles. The third kappa shape index (κ3) is 6.37. The molecule has 1 aliphatic carbocycles. The highest BCUT2D eigenvalue weighted by Crippen LogP contribution is 2.45. The van der Waals surface area contributed by atoms with E-state index < -0.39 is 11.0 Å². The Morgan fingerprint density at radius 2 is 1.74 bits per heavy atom. The molecule has 0 N–H and O–H groups in total. The van der Waals surface area contributed by atoms with Gasteiger partial charge in [-0.2, -0.15) is 0 Å². The van der Waals surface area contributed by atoms with Crippen molar-refractivity contribution in [2.45, 2.75) is 84.8 Å². The minimum atomic E-state index is -0.550. The van der Waals surface area contributed by atoms with Crippen LogP contribution in [0.4, 0.5) is 0 Å². The molecule has 0 aromatic heterocycles. The highest BCUT2D eigenvalue weighted by Gasteiger charge is 2.45. The first kappa shape index (κ1) is 21.5. The Labute approximate surface area is 163 Å². The van der Waals surface area contributed by atoms with Crippen LogP contribution in [0.1, 0.15) is 78.2 Å². The van der Waals surface area contributed by atoms with E-state index in [-0.39, 0.29) is 24.5 Å². The molecule has 0 spiro atoms. The summed E-state index contributed by atoms with van der Waals surface area (Å²) in [4.78, 5) is 25.7. The molecule has 0 heterocycles. The molecule has 1 aromatic rings. The van der Waals surface area contributed by atoms with Gasteiger partial charge in [0, 0.05) is 0 Å². The maximum atomic E-state index is 13.0. The van der Waals surface area contributed by atoms with Gasteiger partial charge >= 0.3 is 11.9 Å². The van der Waals surface area contributed by atoms with Gasteiger partial charge in [-0.05, 0) is 52.0 Å². The molecule has 1 atom stereocenters. The fourth-order valence-electron chi connectivity index (χ4n) is 3.93. The van der Waals surface area contributed by atoms with Gasteiger partial charge in [0.15, 0.2) is 0 Å². The van der Waals surface area contributed by atoms with E-state index in [9.17, 15) is 9.59 Å². The summed E-state index contributed by atoms with van der Waals surface area (Å²) >= 11 is 0. The summed E-state index contributed by atoms with van der Waals surface area (Å²) in [5, 5.41) is 0. The summed E-state index contributed by atoms with van der Waals surface area (Å²) < 4.78 is 11.3. The second kappa shape index (κ2) is 9.38. The molecular weight excluding hydrogens is 340 g/mol. The van der Waals surface area contributed by atoms with Gasteiger partial charge in [-0.1, -0.05) is 56.5 Å². The normalized spacial score (nSPS) is 17.3. The number of hydrogen-bond acceptors (Lipinski definition) is 4. The second-order valence-electron chi connectivity index (χ2n) is 8.77. The molecule has 0 aliphatic heterocycles. The van der Waals surface area contributed by atoms with E-state index >= 15 is 0 Å². The lowest BCUT2D eigenvalue weighted by molar-refractivity contribution is -0.165. The summed E-state index contributed by atoms with van der Waals surface area (Å²) in [5.41, 5.74) is -0.0816. The van der Waals surface area contributed by atoms with Gasteiger partial charge in [0.05, 0.1) is 11.3 Å². The minimum absolute atomic E-state index is 0.159. The molecule has 2 rings (SSSR count). The van der Waals surface area contributed by atoms with Crippen LogP contribution in [-0.4, -0.2) is 17.5 Å². The van der Waals surface area contributed by atoms with Crippen LogP contribution in [0.25, 0.3) is 0 Å². The van der Waals surface area contributed by atoms with E-state index in [1.807, 2.05) is 51.1 Å². The summed E-state index contributed by atoms with van der Waals surface area (Å²) in [6, 6.07) is 9.73. The molecule has 0 radical (unpaired) electrons. The van der Waals surface area contributed by atoms with Crippen LogP contribution >= 0.6 is 0 Å². The van der Waals surface area contributed by atoms with Crippen molar-refractivity contribution in [2.24, 2.45) is 11.3 Å². The van der Waals surface area contributed by atoms with Crippen molar-refractivity contribution in [1.29, 1.82) is 0 Å². The topological polar surface area (TPSA) is 52.6 Å². The number of rotatable bonds is 8. The van der Waals surface area contributed by atoms with E-state index in [1.54, 1.807) is 0 Å². The second-order valence-corrected chi connectivity index (χ2v) is 8.77. The third-order valence-electron chi connectivity index (χ3n) is 5.22. The SMILES string of the molecule is CCCC(CC1(C(=O)OCc2ccccc2)CCCC1)C(=O)OC(C)(C)C. The van der Waals surface area contributed by atoms with Crippen LogP contribution in [0.15, 0.2) is 30.3 Å². The van der Waals surface area contributed by atoms with Gasteiger partial charge < -0.3 is 9.47 Å². The number of benzene rings is 1. The lowest BCUT2D eigenvalue weighted by Gasteiger charge is -2.31. The third-order valence-corrected chi connectivity index (χ3v) is 5.22. The highest BCUT2D eigenvalue weighted by molar-refractivity contribution is 5.79. The fraction of sp³-hybridized carbons (Fsp3) is 0.652. The van der Waals surface area contributed by atoms with E-state index in [4.69, 9.17) is 9.47 Å². The molecule has 0 amide bonds. The summed E-state index contributed by atoms with van der Waals surface area (Å²) in [5.74, 6) is -0.600. The van der Waals surface area contributed by atoms with Gasteiger partial charge in [-0.15, -0.1) is 0 Å². The van der Waals surface area contributed by atoms with Crippen LogP contribution in [0, 0.1) is 11.3 Å². The number of esters is 2. The first-order valence-corrected chi connectivity index (χ1v) is 10.2. The quantitative estimate of drug-likeness (QED) is 0.569. The summed E-state index contributed by atoms with van der Waals surface area (Å²) in [6.45, 7) is 7.99. The Morgan fingerprint density at radius 1 is 1.11 bits per heavy atom. The van der Waals surface area contributed by atoms with Gasteiger partial charge in [0.25, 0.3) is 0 Å². The van der Waals surface area contributed by atoms with Gasteiger partial charge in [0.1, 0.15) is 12.2 Å². The standard InChI is InChI=1S/C23H34O4/c1-5-11-19(20(24)27-22(2,3)4)16-23(14-9-10-15-23)21(25)26-17-18-12-7-6-8-13-18/h6-8,12-13,19H,5,9-11,14-17H2,1-4H3. The Morgan fingerprint density at radius 3 is 2.30 bits per heavy atom. The molecule has 0 saturated heterocycles. The predicted molar refractivity (Wildman–Crippen MR) is 106 cm³/mol. The highest BCUT2D eigenvalue weighted by atomic mass is 16.6. The van der Waals surface area contributed by atoms with Crippen molar-refractivity contribution in [3.05, 3.63) is 35.9 Å². The van der Waals surface area contributed by atoms with Crippen LogP contribution in [-0.2, 0) is 25.7 Å². The maximum Gasteiger partial charge on any atom is 0.312 e. The number of hydrogen-bond donors (Lipinski definition) is 0. The van der Waals surface area contributed by atoms with Crippen molar-refractivity contribution in [2.75, 3.05) is 0 Å². The molecule has 1 saturated carbocycles. The smallest absolute Gasteiger partial charge is 0.312 e. The number of carbonyl (C=O) groups is 2. The van der Waals surface area contributed by atoms with Crippen LogP contribution in [0.5, 0.6) is 0 Å². The van der Waals surface area contributed by atoms with Gasteiger partial charge in [-0.25, -0.2) is 0 Å². The van der Waals surface area contributed by atoms with Crippen molar-refractivity contribution in [3.8, 4) is 0 Å². The van der Waals surface area contributed by atoms with Crippen molar-refractivity contribution in [1.82, 2.24) is 0 Å². The summed E-state index contributed by atoms with van der Waals surface area (Å²) in [7, 11) is 0. The number of ether oxygens (including phenoxy) is 2. The average molecular weight is 375 g/mol. The Hall–Kier alpha value is -1.84. The molecule has 4 nitrogen and oxygen atoms in total. The molecule has 1 unspecified atom stereocenters. The molecule has 1 fully saturated rings. The van der Waals surface area contributed by atoms with Crippen molar-refractivity contribution in [3.63, 3.8) is 0 Å². The summed E-state index contributed by atoms with van der Waals surface area (Å²) in [6.07, 6.45) is 5.76. The molecule has 4 heteroatoms. The molecular formula is C23H34O4. The zero-order valence-corrected chi connectivity index (χ0v) is 17.3. The minimum Gasteiger partial charge on any atom is -0.460 e. The predicted octanol–water partition coefficient (Wildman–Crippen LogP) is 5.44. The zero-order valence-electron chi connectivity index (χ0n) is 17.3. The monoisotopic (exact) mass is 374 g/mol. The molecule has 27 heavy (non-hydrogen) atoms. The largest absolute Gasteiger partial charge is 0.460 e. The fourth-order valence-corrected chi connectivity index (χ4v) is 3.93. The lowest BCUT2D eigenvalue weighted by atomic mass is 9.76. The number of carbonyl (C=O) groups excluding carboxylic acids is 2. The van der Waals surface area contributed by atoms with Crippen molar-refractivity contribution >= 4 is 11.9 Å². The first-order valence-electron chi connectivity index (χ1n) is 10.2. The van der Waals surface area contributed by atoms with Crippen LogP contribution in [0.3, 0.4) is 0 Å².